The molecule has 2 heterocycles. The lowest BCUT2D eigenvalue weighted by atomic mass is 9.77. The number of nitrogens with zero attached hydrogens (tertiary/aromatic N) is 1. The highest BCUT2D eigenvalue weighted by molar-refractivity contribution is 6.11. The van der Waals surface area contributed by atoms with Crippen LogP contribution < -0.4 is 4.74 Å². The van der Waals surface area contributed by atoms with Crippen molar-refractivity contribution < 1.29 is 24.2 Å². The maximum atomic E-state index is 13.1. The minimum Gasteiger partial charge on any atom is -0.504 e. The van der Waals surface area contributed by atoms with E-state index in [2.05, 4.69) is 0 Å². The number of ether oxygens (including phenoxy) is 2. The summed E-state index contributed by atoms with van der Waals surface area (Å²) < 4.78 is 11.2. The third kappa shape index (κ3) is 2.31. The van der Waals surface area contributed by atoms with E-state index < -0.39 is 6.04 Å². The molecule has 1 aliphatic carbocycles. The molecule has 132 valence electrons. The van der Waals surface area contributed by atoms with E-state index in [1.54, 1.807) is 19.2 Å². The SMILES string of the molecule is COc1cc(C2C3=C(OC4CCCCC4C3=O)C(=O)N2C)ccc1O. The molecule has 3 aliphatic rings. The van der Waals surface area contributed by atoms with E-state index in [-0.39, 0.29) is 35.2 Å². The molecule has 1 aromatic rings. The first-order valence-corrected chi connectivity index (χ1v) is 8.62. The second-order valence-corrected chi connectivity index (χ2v) is 6.90. The summed E-state index contributed by atoms with van der Waals surface area (Å²) in [5.74, 6) is 0.143. The zero-order valence-electron chi connectivity index (χ0n) is 14.3. The molecule has 1 fully saturated rings. The molecule has 1 N–H and O–H groups in total. The Hall–Kier alpha value is -2.50. The molecule has 1 aromatic carbocycles. The largest absolute Gasteiger partial charge is 0.504 e. The van der Waals surface area contributed by atoms with Crippen LogP contribution >= 0.6 is 0 Å². The Morgan fingerprint density at radius 3 is 2.76 bits per heavy atom. The molecule has 1 saturated carbocycles. The number of methoxy groups -OCH3 is 1. The molecule has 25 heavy (non-hydrogen) atoms. The monoisotopic (exact) mass is 343 g/mol. The van der Waals surface area contributed by atoms with Crippen LogP contribution in [0.1, 0.15) is 37.3 Å². The van der Waals surface area contributed by atoms with Gasteiger partial charge in [-0.2, -0.15) is 0 Å². The highest BCUT2D eigenvalue weighted by atomic mass is 16.5. The summed E-state index contributed by atoms with van der Waals surface area (Å²) >= 11 is 0. The highest BCUT2D eigenvalue weighted by Crippen LogP contribution is 2.46. The van der Waals surface area contributed by atoms with Crippen molar-refractivity contribution in [2.24, 2.45) is 5.92 Å². The van der Waals surface area contributed by atoms with E-state index in [1.165, 1.54) is 18.1 Å². The van der Waals surface area contributed by atoms with Crippen molar-refractivity contribution in [2.45, 2.75) is 37.8 Å². The van der Waals surface area contributed by atoms with Gasteiger partial charge in [-0.1, -0.05) is 12.5 Å². The smallest absolute Gasteiger partial charge is 0.289 e. The normalized spacial score (nSPS) is 28.6. The number of fused-ring (bicyclic) bond motifs is 1. The second-order valence-electron chi connectivity index (χ2n) is 6.90. The van der Waals surface area contributed by atoms with Gasteiger partial charge in [-0.05, 0) is 37.0 Å². The number of likely N-dealkylation sites (N-methyl/N-ethyl adjacent to an activating group) is 1. The van der Waals surface area contributed by atoms with Crippen LogP contribution in [0.25, 0.3) is 0 Å². The van der Waals surface area contributed by atoms with Gasteiger partial charge in [0.1, 0.15) is 6.10 Å². The van der Waals surface area contributed by atoms with E-state index in [0.29, 0.717) is 11.3 Å². The summed E-state index contributed by atoms with van der Waals surface area (Å²) in [6, 6.07) is 4.39. The van der Waals surface area contributed by atoms with Gasteiger partial charge < -0.3 is 19.5 Å². The van der Waals surface area contributed by atoms with Crippen LogP contribution in [0.15, 0.2) is 29.5 Å². The maximum absolute atomic E-state index is 13.1. The zero-order chi connectivity index (χ0) is 17.7. The third-order valence-corrected chi connectivity index (χ3v) is 5.51. The number of carbonyl (C=O) groups excluding carboxylic acids is 2. The number of aromatic hydroxyl groups is 1. The minimum absolute atomic E-state index is 0.0194. The number of phenolic OH excluding ortho intramolecular Hbond substituents is 1. The van der Waals surface area contributed by atoms with Gasteiger partial charge in [0.25, 0.3) is 5.91 Å². The topological polar surface area (TPSA) is 76.1 Å². The molecular formula is C19H21NO5. The van der Waals surface area contributed by atoms with Gasteiger partial charge in [0.2, 0.25) is 0 Å². The van der Waals surface area contributed by atoms with Crippen LogP contribution in [0.3, 0.4) is 0 Å². The predicted molar refractivity (Wildman–Crippen MR) is 89.0 cm³/mol. The molecule has 0 aromatic heterocycles. The summed E-state index contributed by atoms with van der Waals surface area (Å²) in [4.78, 5) is 27.3. The van der Waals surface area contributed by atoms with Gasteiger partial charge in [0.15, 0.2) is 23.0 Å². The number of ketones is 1. The molecule has 3 unspecified atom stereocenters. The summed E-state index contributed by atoms with van der Waals surface area (Å²) in [5.41, 5.74) is 1.17. The first-order chi connectivity index (χ1) is 12.0. The minimum atomic E-state index is -0.507. The molecular weight excluding hydrogens is 322 g/mol. The molecule has 0 bridgehead atoms. The Morgan fingerprint density at radius 1 is 1.24 bits per heavy atom. The third-order valence-electron chi connectivity index (χ3n) is 5.51. The number of amides is 1. The number of phenols is 1. The van der Waals surface area contributed by atoms with Crippen molar-refractivity contribution in [2.75, 3.05) is 14.2 Å². The van der Waals surface area contributed by atoms with Gasteiger partial charge in [0, 0.05) is 7.05 Å². The molecule has 4 rings (SSSR count). The van der Waals surface area contributed by atoms with Crippen molar-refractivity contribution in [3.05, 3.63) is 35.1 Å². The summed E-state index contributed by atoms with van der Waals surface area (Å²) in [5, 5.41) is 9.83. The molecule has 0 saturated heterocycles. The fourth-order valence-corrected chi connectivity index (χ4v) is 4.21. The lowest BCUT2D eigenvalue weighted by Gasteiger charge is -2.35. The highest BCUT2D eigenvalue weighted by Gasteiger charge is 2.50. The van der Waals surface area contributed by atoms with Crippen molar-refractivity contribution >= 4 is 11.7 Å². The van der Waals surface area contributed by atoms with Gasteiger partial charge in [-0.3, -0.25) is 9.59 Å². The number of hydrogen-bond acceptors (Lipinski definition) is 5. The van der Waals surface area contributed by atoms with Crippen LogP contribution in [0.5, 0.6) is 11.5 Å². The Bertz CT molecular complexity index is 784. The Kier molecular flexibility index (Phi) is 3.71. The lowest BCUT2D eigenvalue weighted by molar-refractivity contribution is -0.134. The number of hydrogen-bond donors (Lipinski definition) is 1. The maximum Gasteiger partial charge on any atom is 0.289 e. The van der Waals surface area contributed by atoms with Crippen LogP contribution in [0.2, 0.25) is 0 Å². The van der Waals surface area contributed by atoms with Crippen molar-refractivity contribution in [3.8, 4) is 11.5 Å². The summed E-state index contributed by atoms with van der Waals surface area (Å²) in [6.07, 6.45) is 3.50. The van der Waals surface area contributed by atoms with Crippen molar-refractivity contribution in [3.63, 3.8) is 0 Å². The van der Waals surface area contributed by atoms with Gasteiger partial charge in [-0.15, -0.1) is 0 Å². The average molecular weight is 343 g/mol. The number of benzene rings is 1. The summed E-state index contributed by atoms with van der Waals surface area (Å²) in [7, 11) is 3.14. The standard InChI is InChI=1S/C19H21NO5/c1-20-16(10-7-8-12(21)14(9-10)24-2)15-17(22)11-5-3-4-6-13(11)25-18(15)19(20)23/h7-9,11,13,16,21H,3-6H2,1-2H3. The van der Waals surface area contributed by atoms with E-state index >= 15 is 0 Å². The molecule has 1 amide bonds. The van der Waals surface area contributed by atoms with Gasteiger partial charge in [-0.25, -0.2) is 0 Å². The van der Waals surface area contributed by atoms with Gasteiger partial charge in [0.05, 0.1) is 24.6 Å². The van der Waals surface area contributed by atoms with Crippen LogP contribution in [0, 0.1) is 5.92 Å². The fraction of sp³-hybridized carbons (Fsp3) is 0.474. The fourth-order valence-electron chi connectivity index (χ4n) is 4.21. The number of Topliss-reactive ketones (excluding diaryl/α,β-unsaturated/α-hetero) is 1. The predicted octanol–water partition coefficient (Wildman–Crippen LogP) is 2.33. The molecule has 0 spiro atoms. The molecule has 6 heteroatoms. The second kappa shape index (κ2) is 5.79. The lowest BCUT2D eigenvalue weighted by Crippen LogP contribution is -2.39. The Labute approximate surface area is 146 Å². The van der Waals surface area contributed by atoms with E-state index in [0.717, 1.165) is 31.2 Å². The molecule has 3 atom stereocenters. The van der Waals surface area contributed by atoms with Gasteiger partial charge >= 0.3 is 0 Å². The zero-order valence-corrected chi connectivity index (χ0v) is 14.3. The number of rotatable bonds is 2. The average Bonchev–Trinajstić information content (AvgIpc) is 2.88. The first kappa shape index (κ1) is 16.0. The van der Waals surface area contributed by atoms with E-state index in [9.17, 15) is 14.7 Å². The first-order valence-electron chi connectivity index (χ1n) is 8.62. The van der Waals surface area contributed by atoms with E-state index in [1.807, 2.05) is 0 Å². The van der Waals surface area contributed by atoms with Crippen LogP contribution in [0.4, 0.5) is 0 Å². The van der Waals surface area contributed by atoms with Crippen molar-refractivity contribution in [1.82, 2.24) is 4.90 Å². The molecule has 6 nitrogen and oxygen atoms in total. The summed E-state index contributed by atoms with van der Waals surface area (Å²) in [6.45, 7) is 0. The quantitative estimate of drug-likeness (QED) is 0.892. The molecule has 2 aliphatic heterocycles. The van der Waals surface area contributed by atoms with Crippen LogP contribution in [-0.4, -0.2) is 42.0 Å². The molecule has 0 radical (unpaired) electrons. The van der Waals surface area contributed by atoms with E-state index in [4.69, 9.17) is 9.47 Å². The Morgan fingerprint density at radius 2 is 2.00 bits per heavy atom. The number of carbonyl (C=O) groups is 2. The van der Waals surface area contributed by atoms with Crippen molar-refractivity contribution in [1.29, 1.82) is 0 Å². The Balaban J connectivity index is 1.79. The van der Waals surface area contributed by atoms with Crippen LogP contribution in [-0.2, 0) is 14.3 Å².